The zero-order valence-electron chi connectivity index (χ0n) is 10.2. The van der Waals surface area contributed by atoms with Gasteiger partial charge in [0, 0.05) is 18.8 Å². The number of anilines is 1. The Morgan fingerprint density at radius 1 is 1.42 bits per heavy atom. The maximum atomic E-state index is 11.8. The first kappa shape index (κ1) is 15.1. The highest BCUT2D eigenvalue weighted by atomic mass is 19.4. The van der Waals surface area contributed by atoms with Gasteiger partial charge in [0.15, 0.2) is 6.61 Å². The molecule has 0 unspecified atom stereocenters. The molecule has 0 radical (unpaired) electrons. The summed E-state index contributed by atoms with van der Waals surface area (Å²) in [7, 11) is 0. The van der Waals surface area contributed by atoms with Crippen LogP contribution in [0.1, 0.15) is 13.3 Å². The van der Waals surface area contributed by atoms with Crippen LogP contribution < -0.4 is 10.9 Å². The van der Waals surface area contributed by atoms with E-state index in [1.165, 1.54) is 22.9 Å². The Bertz CT molecular complexity index is 497. The van der Waals surface area contributed by atoms with E-state index in [0.29, 0.717) is 13.0 Å². The molecule has 0 saturated carbocycles. The molecular formula is C11H13F3N2O3. The van der Waals surface area contributed by atoms with E-state index in [2.05, 4.69) is 10.1 Å². The molecule has 1 aromatic heterocycles. The van der Waals surface area contributed by atoms with Gasteiger partial charge < -0.3 is 9.30 Å². The van der Waals surface area contributed by atoms with Crippen LogP contribution in [0.15, 0.2) is 23.1 Å². The molecule has 1 heterocycles. The fraction of sp³-hybridized carbons (Fsp3) is 0.455. The third kappa shape index (κ3) is 5.45. The number of nitrogens with zero attached hydrogens (tertiary/aromatic N) is 1. The topological polar surface area (TPSA) is 60.3 Å². The number of aromatic nitrogens is 1. The van der Waals surface area contributed by atoms with Crippen LogP contribution in [0.5, 0.6) is 0 Å². The van der Waals surface area contributed by atoms with Crippen molar-refractivity contribution in [1.82, 2.24) is 4.57 Å². The van der Waals surface area contributed by atoms with Crippen LogP contribution in [0.2, 0.25) is 0 Å². The quantitative estimate of drug-likeness (QED) is 0.919. The maximum Gasteiger partial charge on any atom is 0.422 e. The average molecular weight is 278 g/mol. The smallest absolute Gasteiger partial charge is 0.422 e. The molecular weight excluding hydrogens is 265 g/mol. The molecule has 0 spiro atoms. The molecule has 0 aliphatic heterocycles. The summed E-state index contributed by atoms with van der Waals surface area (Å²) in [4.78, 5) is 22.5. The number of hydrogen-bond donors (Lipinski definition) is 1. The third-order valence-corrected chi connectivity index (χ3v) is 2.06. The van der Waals surface area contributed by atoms with Crippen molar-refractivity contribution in [2.24, 2.45) is 0 Å². The molecule has 0 aliphatic carbocycles. The first-order valence-electron chi connectivity index (χ1n) is 5.53. The van der Waals surface area contributed by atoms with E-state index < -0.39 is 18.9 Å². The van der Waals surface area contributed by atoms with Crippen molar-refractivity contribution in [2.75, 3.05) is 11.9 Å². The van der Waals surface area contributed by atoms with Crippen molar-refractivity contribution >= 4 is 11.8 Å². The number of ether oxygens (including phenoxy) is 1. The Hall–Kier alpha value is -1.99. The minimum atomic E-state index is -4.57. The van der Waals surface area contributed by atoms with Crippen molar-refractivity contribution in [3.63, 3.8) is 0 Å². The molecule has 0 atom stereocenters. The van der Waals surface area contributed by atoms with Gasteiger partial charge in [-0.1, -0.05) is 6.92 Å². The lowest BCUT2D eigenvalue weighted by Gasteiger charge is -2.10. The monoisotopic (exact) mass is 278 g/mol. The van der Waals surface area contributed by atoms with E-state index >= 15 is 0 Å². The maximum absolute atomic E-state index is 11.8. The summed E-state index contributed by atoms with van der Waals surface area (Å²) in [6, 6.07) is 2.51. The van der Waals surface area contributed by atoms with Gasteiger partial charge >= 0.3 is 12.3 Å². The van der Waals surface area contributed by atoms with E-state index in [1.807, 2.05) is 6.92 Å². The second-order valence-corrected chi connectivity index (χ2v) is 3.77. The van der Waals surface area contributed by atoms with Crippen LogP contribution in [0.4, 0.5) is 23.7 Å². The zero-order chi connectivity index (χ0) is 14.5. The minimum absolute atomic E-state index is 0.195. The molecule has 0 aromatic carbocycles. The summed E-state index contributed by atoms with van der Waals surface area (Å²) >= 11 is 0. The van der Waals surface area contributed by atoms with E-state index in [1.54, 1.807) is 0 Å². The minimum Gasteiger partial charge on any atom is -0.440 e. The molecule has 0 fully saturated rings. The van der Waals surface area contributed by atoms with Gasteiger partial charge in [-0.25, -0.2) is 4.79 Å². The highest BCUT2D eigenvalue weighted by Gasteiger charge is 2.29. The molecule has 1 N–H and O–H groups in total. The van der Waals surface area contributed by atoms with Crippen LogP contribution >= 0.6 is 0 Å². The van der Waals surface area contributed by atoms with Gasteiger partial charge in [-0.3, -0.25) is 10.1 Å². The lowest BCUT2D eigenvalue weighted by molar-refractivity contribution is -0.159. The molecule has 0 saturated heterocycles. The molecule has 19 heavy (non-hydrogen) atoms. The van der Waals surface area contributed by atoms with E-state index in [0.717, 1.165) is 0 Å². The second kappa shape index (κ2) is 6.26. The number of rotatable bonds is 4. The Kier molecular flexibility index (Phi) is 4.96. The van der Waals surface area contributed by atoms with Crippen LogP contribution in [0, 0.1) is 0 Å². The number of alkyl halides is 3. The fourth-order valence-electron chi connectivity index (χ4n) is 1.32. The van der Waals surface area contributed by atoms with Crippen molar-refractivity contribution < 1.29 is 22.7 Å². The van der Waals surface area contributed by atoms with Crippen LogP contribution in [-0.2, 0) is 11.3 Å². The summed E-state index contributed by atoms with van der Waals surface area (Å²) in [5.74, 6) is 0. The molecule has 0 bridgehead atoms. The largest absolute Gasteiger partial charge is 0.440 e. The zero-order valence-corrected chi connectivity index (χ0v) is 10.2. The first-order valence-corrected chi connectivity index (χ1v) is 5.53. The van der Waals surface area contributed by atoms with Gasteiger partial charge in [0.2, 0.25) is 0 Å². The number of carbonyl (C=O) groups is 1. The molecule has 5 nitrogen and oxygen atoms in total. The van der Waals surface area contributed by atoms with Crippen molar-refractivity contribution in [2.45, 2.75) is 26.1 Å². The van der Waals surface area contributed by atoms with Gasteiger partial charge in [-0.15, -0.1) is 0 Å². The molecule has 1 rings (SSSR count). The third-order valence-electron chi connectivity index (χ3n) is 2.06. The van der Waals surface area contributed by atoms with Crippen molar-refractivity contribution in [1.29, 1.82) is 0 Å². The molecule has 1 amide bonds. The number of pyridine rings is 1. The number of nitrogens with one attached hydrogen (secondary N) is 1. The molecule has 1 aromatic rings. The van der Waals surface area contributed by atoms with Gasteiger partial charge in [-0.05, 0) is 12.5 Å². The Balaban J connectivity index is 2.64. The highest BCUT2D eigenvalue weighted by Crippen LogP contribution is 2.15. The number of halogens is 3. The lowest BCUT2D eigenvalue weighted by Crippen LogP contribution is -2.24. The molecule has 0 aliphatic rings. The average Bonchev–Trinajstić information content (AvgIpc) is 2.30. The summed E-state index contributed by atoms with van der Waals surface area (Å²) in [6.07, 6.45) is -3.74. The second-order valence-electron chi connectivity index (χ2n) is 3.77. The number of amides is 1. The Morgan fingerprint density at radius 3 is 2.68 bits per heavy atom. The summed E-state index contributed by atoms with van der Waals surface area (Å²) in [5, 5.41) is 2.12. The number of aryl methyl sites for hydroxylation is 1. The van der Waals surface area contributed by atoms with Gasteiger partial charge in [0.25, 0.3) is 5.56 Å². The van der Waals surface area contributed by atoms with Gasteiger partial charge in [-0.2, -0.15) is 13.2 Å². The van der Waals surface area contributed by atoms with Crippen LogP contribution in [0.25, 0.3) is 0 Å². The number of carbonyl (C=O) groups excluding carboxylic acids is 1. The normalized spacial score (nSPS) is 11.2. The van der Waals surface area contributed by atoms with Crippen LogP contribution in [0.3, 0.4) is 0 Å². The van der Waals surface area contributed by atoms with Crippen LogP contribution in [-0.4, -0.2) is 23.4 Å². The summed E-state index contributed by atoms with van der Waals surface area (Å²) < 4.78 is 40.8. The van der Waals surface area contributed by atoms with E-state index in [9.17, 15) is 22.8 Å². The van der Waals surface area contributed by atoms with E-state index in [4.69, 9.17) is 0 Å². The van der Waals surface area contributed by atoms with Gasteiger partial charge in [0.05, 0.1) is 5.69 Å². The summed E-state index contributed by atoms with van der Waals surface area (Å²) in [5.41, 5.74) is -0.0590. The van der Waals surface area contributed by atoms with Crippen molar-refractivity contribution in [3.8, 4) is 0 Å². The fourth-order valence-corrected chi connectivity index (χ4v) is 1.32. The highest BCUT2D eigenvalue weighted by molar-refractivity contribution is 5.84. The first-order chi connectivity index (χ1) is 8.81. The van der Waals surface area contributed by atoms with E-state index in [-0.39, 0.29) is 11.2 Å². The predicted octanol–water partition coefficient (Wildman–Crippen LogP) is 2.37. The SMILES string of the molecule is CCCn1cc(NC(=O)OCC(F)(F)F)ccc1=O. The lowest BCUT2D eigenvalue weighted by atomic mass is 10.4. The van der Waals surface area contributed by atoms with Crippen molar-refractivity contribution in [3.05, 3.63) is 28.7 Å². The Morgan fingerprint density at radius 2 is 2.11 bits per heavy atom. The number of hydrogen-bond acceptors (Lipinski definition) is 3. The standard InChI is InChI=1S/C11H13F3N2O3/c1-2-5-16-6-8(3-4-9(16)17)15-10(18)19-7-11(12,13)14/h3-4,6H,2,5,7H2,1H3,(H,15,18). The predicted molar refractivity (Wildman–Crippen MR) is 62.0 cm³/mol. The van der Waals surface area contributed by atoms with Gasteiger partial charge in [0.1, 0.15) is 0 Å². The molecule has 106 valence electrons. The Labute approximate surface area is 107 Å². The summed E-state index contributed by atoms with van der Waals surface area (Å²) in [6.45, 7) is 0.656. The molecule has 8 heteroatoms.